The zero-order chi connectivity index (χ0) is 16.8. The maximum absolute atomic E-state index is 12.0. The van der Waals surface area contributed by atoms with Crippen LogP contribution in [0.3, 0.4) is 0 Å². The molecule has 4 heteroatoms. The number of amides is 1. The Hall–Kier alpha value is -2.62. The van der Waals surface area contributed by atoms with E-state index >= 15 is 0 Å². The van der Waals surface area contributed by atoms with Gasteiger partial charge in [-0.05, 0) is 62.2 Å². The van der Waals surface area contributed by atoms with Gasteiger partial charge in [-0.1, -0.05) is 12.1 Å². The first-order valence-corrected chi connectivity index (χ1v) is 7.68. The Balaban J connectivity index is 1.83. The molecule has 0 spiro atoms. The molecule has 0 radical (unpaired) electrons. The fourth-order valence-corrected chi connectivity index (χ4v) is 2.27. The Morgan fingerprint density at radius 1 is 1.00 bits per heavy atom. The molecule has 0 saturated carbocycles. The van der Waals surface area contributed by atoms with Crippen LogP contribution in [-0.2, 0) is 4.79 Å². The number of ketones is 1. The van der Waals surface area contributed by atoms with Gasteiger partial charge in [0.05, 0.1) is 0 Å². The highest BCUT2D eigenvalue weighted by atomic mass is 16.1. The Labute approximate surface area is 136 Å². The molecule has 0 aliphatic rings. The first-order valence-electron chi connectivity index (χ1n) is 7.68. The molecule has 0 aliphatic heterocycles. The fourth-order valence-electron chi connectivity index (χ4n) is 2.27. The summed E-state index contributed by atoms with van der Waals surface area (Å²) in [5, 5.41) is 6.12. The number of benzene rings is 2. The zero-order valence-electron chi connectivity index (χ0n) is 13.8. The Morgan fingerprint density at radius 2 is 1.70 bits per heavy atom. The van der Waals surface area contributed by atoms with Crippen LogP contribution >= 0.6 is 0 Å². The molecule has 2 N–H and O–H groups in total. The first-order chi connectivity index (χ1) is 11.0. The zero-order valence-corrected chi connectivity index (χ0v) is 13.8. The van der Waals surface area contributed by atoms with Crippen molar-refractivity contribution in [2.45, 2.75) is 27.2 Å². The topological polar surface area (TPSA) is 58.2 Å². The SMILES string of the molecule is CC(=O)c1ccc(NC(=O)CCNc2cccc(C)c2C)cc1. The van der Waals surface area contributed by atoms with Gasteiger partial charge in [-0.25, -0.2) is 0 Å². The van der Waals surface area contributed by atoms with Gasteiger partial charge < -0.3 is 10.6 Å². The molecule has 0 atom stereocenters. The number of rotatable bonds is 6. The van der Waals surface area contributed by atoms with Gasteiger partial charge in [-0.2, -0.15) is 0 Å². The molecule has 120 valence electrons. The molecular formula is C19H22N2O2. The van der Waals surface area contributed by atoms with E-state index in [2.05, 4.69) is 30.5 Å². The van der Waals surface area contributed by atoms with Crippen LogP contribution in [0.2, 0.25) is 0 Å². The third-order valence-electron chi connectivity index (χ3n) is 3.85. The summed E-state index contributed by atoms with van der Waals surface area (Å²) in [7, 11) is 0. The van der Waals surface area contributed by atoms with Crippen LogP contribution < -0.4 is 10.6 Å². The molecule has 0 unspecified atom stereocenters. The number of Topliss-reactive ketones (excluding diaryl/α,β-unsaturated/α-hetero) is 1. The van der Waals surface area contributed by atoms with Crippen molar-refractivity contribution in [1.82, 2.24) is 0 Å². The summed E-state index contributed by atoms with van der Waals surface area (Å²) in [6.07, 6.45) is 0.377. The van der Waals surface area contributed by atoms with Crippen molar-refractivity contribution in [1.29, 1.82) is 0 Å². The molecule has 23 heavy (non-hydrogen) atoms. The van der Waals surface area contributed by atoms with Gasteiger partial charge in [0.25, 0.3) is 0 Å². The molecule has 0 bridgehead atoms. The maximum Gasteiger partial charge on any atom is 0.226 e. The van der Waals surface area contributed by atoms with Crippen molar-refractivity contribution in [3.63, 3.8) is 0 Å². The lowest BCUT2D eigenvalue weighted by molar-refractivity contribution is -0.115. The van der Waals surface area contributed by atoms with E-state index in [9.17, 15) is 9.59 Å². The molecule has 0 fully saturated rings. The van der Waals surface area contributed by atoms with Crippen molar-refractivity contribution in [3.8, 4) is 0 Å². The summed E-state index contributed by atoms with van der Waals surface area (Å²) < 4.78 is 0. The Bertz CT molecular complexity index is 706. The number of carbonyl (C=O) groups is 2. The van der Waals surface area contributed by atoms with Gasteiger partial charge in [0.1, 0.15) is 0 Å². The fraction of sp³-hybridized carbons (Fsp3) is 0.263. The van der Waals surface area contributed by atoms with Gasteiger partial charge in [0, 0.05) is 29.9 Å². The van der Waals surface area contributed by atoms with E-state index in [4.69, 9.17) is 0 Å². The van der Waals surface area contributed by atoms with E-state index in [1.165, 1.54) is 18.1 Å². The maximum atomic E-state index is 12.0. The predicted octanol–water partition coefficient (Wildman–Crippen LogP) is 3.95. The molecule has 0 saturated heterocycles. The van der Waals surface area contributed by atoms with E-state index in [0.29, 0.717) is 24.2 Å². The number of nitrogens with one attached hydrogen (secondary N) is 2. The average Bonchev–Trinajstić information content (AvgIpc) is 2.52. The van der Waals surface area contributed by atoms with Gasteiger partial charge in [-0.3, -0.25) is 9.59 Å². The number of hydrogen-bond donors (Lipinski definition) is 2. The van der Waals surface area contributed by atoms with Gasteiger partial charge in [-0.15, -0.1) is 0 Å². The summed E-state index contributed by atoms with van der Waals surface area (Å²) in [5.74, 6) is -0.0426. The standard InChI is InChI=1S/C19H22N2O2/c1-13-5-4-6-18(14(13)2)20-12-11-19(23)21-17-9-7-16(8-10-17)15(3)22/h4-10,20H,11-12H2,1-3H3,(H,21,23). The predicted molar refractivity (Wildman–Crippen MR) is 94.1 cm³/mol. The van der Waals surface area contributed by atoms with Crippen molar-refractivity contribution < 1.29 is 9.59 Å². The second-order valence-corrected chi connectivity index (χ2v) is 5.61. The summed E-state index contributed by atoms with van der Waals surface area (Å²) in [6.45, 7) is 6.22. The summed E-state index contributed by atoms with van der Waals surface area (Å²) in [4.78, 5) is 23.2. The van der Waals surface area contributed by atoms with E-state index in [0.717, 1.165) is 5.69 Å². The largest absolute Gasteiger partial charge is 0.384 e. The lowest BCUT2D eigenvalue weighted by Crippen LogP contribution is -2.16. The Morgan fingerprint density at radius 3 is 2.35 bits per heavy atom. The van der Waals surface area contributed by atoms with E-state index in [1.807, 2.05) is 12.1 Å². The molecule has 0 aliphatic carbocycles. The quantitative estimate of drug-likeness (QED) is 0.794. The minimum absolute atomic E-state index is 0.0144. The van der Waals surface area contributed by atoms with Crippen LogP contribution in [0.25, 0.3) is 0 Å². The highest BCUT2D eigenvalue weighted by Gasteiger charge is 2.05. The van der Waals surface area contributed by atoms with Crippen molar-refractivity contribution in [2.24, 2.45) is 0 Å². The molecule has 2 rings (SSSR count). The summed E-state index contributed by atoms with van der Waals surface area (Å²) in [5.41, 5.74) is 4.83. The van der Waals surface area contributed by atoms with Gasteiger partial charge in [0.2, 0.25) is 5.91 Å². The highest BCUT2D eigenvalue weighted by molar-refractivity contribution is 5.95. The third-order valence-corrected chi connectivity index (χ3v) is 3.85. The molecule has 2 aromatic carbocycles. The van der Waals surface area contributed by atoms with Crippen LogP contribution in [0.4, 0.5) is 11.4 Å². The van der Waals surface area contributed by atoms with E-state index in [1.54, 1.807) is 24.3 Å². The number of aryl methyl sites for hydroxylation is 1. The van der Waals surface area contributed by atoms with Gasteiger partial charge >= 0.3 is 0 Å². The Kier molecular flexibility index (Phi) is 5.52. The van der Waals surface area contributed by atoms with Crippen molar-refractivity contribution in [3.05, 3.63) is 59.2 Å². The van der Waals surface area contributed by atoms with Crippen LogP contribution in [-0.4, -0.2) is 18.2 Å². The molecule has 0 aromatic heterocycles. The van der Waals surface area contributed by atoms with Crippen molar-refractivity contribution in [2.75, 3.05) is 17.2 Å². The number of carbonyl (C=O) groups excluding carboxylic acids is 2. The summed E-state index contributed by atoms with van der Waals surface area (Å²) in [6, 6.07) is 13.0. The lowest BCUT2D eigenvalue weighted by Gasteiger charge is -2.11. The number of anilines is 2. The van der Waals surface area contributed by atoms with E-state index < -0.39 is 0 Å². The van der Waals surface area contributed by atoms with Crippen LogP contribution in [0.1, 0.15) is 34.8 Å². The molecule has 2 aromatic rings. The molecule has 1 amide bonds. The third kappa shape index (κ3) is 4.68. The minimum Gasteiger partial charge on any atom is -0.384 e. The second-order valence-electron chi connectivity index (χ2n) is 5.61. The van der Waals surface area contributed by atoms with Crippen LogP contribution in [0, 0.1) is 13.8 Å². The lowest BCUT2D eigenvalue weighted by atomic mass is 10.1. The van der Waals surface area contributed by atoms with E-state index in [-0.39, 0.29) is 11.7 Å². The summed E-state index contributed by atoms with van der Waals surface area (Å²) >= 11 is 0. The van der Waals surface area contributed by atoms with Crippen LogP contribution in [0.5, 0.6) is 0 Å². The minimum atomic E-state index is -0.0571. The second kappa shape index (κ2) is 7.58. The normalized spacial score (nSPS) is 10.2. The molecular weight excluding hydrogens is 288 g/mol. The first kappa shape index (κ1) is 16.7. The van der Waals surface area contributed by atoms with Gasteiger partial charge in [0.15, 0.2) is 5.78 Å². The van der Waals surface area contributed by atoms with Crippen molar-refractivity contribution >= 4 is 23.1 Å². The molecule has 0 heterocycles. The molecule has 4 nitrogen and oxygen atoms in total. The number of hydrogen-bond acceptors (Lipinski definition) is 3. The monoisotopic (exact) mass is 310 g/mol. The van der Waals surface area contributed by atoms with Crippen LogP contribution in [0.15, 0.2) is 42.5 Å². The smallest absolute Gasteiger partial charge is 0.226 e. The average molecular weight is 310 g/mol. The highest BCUT2D eigenvalue weighted by Crippen LogP contribution is 2.17.